The molecule has 1 fully saturated rings. The van der Waals surface area contributed by atoms with E-state index in [0.717, 1.165) is 29.2 Å². The first-order valence-electron chi connectivity index (χ1n) is 11.9. The Morgan fingerprint density at radius 1 is 1.15 bits per heavy atom. The number of hydrogen-bond acceptors (Lipinski definition) is 6. The monoisotopic (exact) mass is 599 g/mol. The molecule has 1 saturated heterocycles. The highest BCUT2D eigenvalue weighted by Gasteiger charge is 2.49. The number of benzene rings is 2. The zero-order valence-corrected chi connectivity index (χ0v) is 21.7. The van der Waals surface area contributed by atoms with E-state index in [1.807, 2.05) is 0 Å². The number of sulfone groups is 1. The predicted molar refractivity (Wildman–Crippen MR) is 127 cm³/mol. The third-order valence-corrected chi connectivity index (χ3v) is 8.77. The Kier molecular flexibility index (Phi) is 7.77. The van der Waals surface area contributed by atoms with Crippen LogP contribution < -0.4 is 9.64 Å². The van der Waals surface area contributed by atoms with Gasteiger partial charge in [0.05, 0.1) is 29.4 Å². The number of carboxylic acids is 1. The largest absolute Gasteiger partial charge is 0.492 e. The SMILES string of the molecule is CC(F)(F)CC[C@@H]1CN(c2ccc(F)cc2)c2cc(C(F)(F)F)c(OCC3(C(=O)O)COC3)cc2S(=O)(=O)[C@@H]1F. The van der Waals surface area contributed by atoms with Crippen LogP contribution in [0.5, 0.6) is 5.75 Å². The van der Waals surface area contributed by atoms with Gasteiger partial charge in [-0.15, -0.1) is 0 Å². The Hall–Kier alpha value is -3.07. The molecule has 2 aliphatic heterocycles. The molecule has 0 radical (unpaired) electrons. The fourth-order valence-corrected chi connectivity index (χ4v) is 6.18. The summed E-state index contributed by atoms with van der Waals surface area (Å²) in [5.74, 6) is -8.07. The first-order valence-corrected chi connectivity index (χ1v) is 13.5. The number of carboxylic acid groups (broad SMARTS) is 1. The number of hydrogen-bond donors (Lipinski definition) is 1. The number of rotatable bonds is 8. The van der Waals surface area contributed by atoms with E-state index >= 15 is 4.39 Å². The molecule has 2 aliphatic rings. The minimum atomic E-state index is -5.14. The predicted octanol–water partition coefficient (Wildman–Crippen LogP) is 5.60. The molecular formula is C25H24F7NO6S. The number of ether oxygens (including phenoxy) is 2. The van der Waals surface area contributed by atoms with Gasteiger partial charge >= 0.3 is 12.1 Å². The lowest BCUT2D eigenvalue weighted by Gasteiger charge is -2.37. The quantitative estimate of drug-likeness (QED) is 0.395. The highest BCUT2D eigenvalue weighted by atomic mass is 32.2. The van der Waals surface area contributed by atoms with Gasteiger partial charge in [-0.2, -0.15) is 13.2 Å². The normalized spacial score (nSPS) is 22.1. The topological polar surface area (TPSA) is 93.1 Å². The number of nitrogens with zero attached hydrogens (tertiary/aromatic N) is 1. The number of halogens is 7. The molecule has 40 heavy (non-hydrogen) atoms. The highest BCUT2D eigenvalue weighted by Crippen LogP contribution is 2.48. The number of carbonyl (C=O) groups is 1. The molecule has 0 amide bonds. The third kappa shape index (κ3) is 5.85. The van der Waals surface area contributed by atoms with Crippen LogP contribution in [0.1, 0.15) is 25.3 Å². The molecule has 2 aromatic rings. The van der Waals surface area contributed by atoms with Gasteiger partial charge in [0.25, 0.3) is 0 Å². The smallest absolute Gasteiger partial charge is 0.420 e. The lowest BCUT2D eigenvalue weighted by molar-refractivity contribution is -0.185. The molecule has 0 saturated carbocycles. The zero-order valence-electron chi connectivity index (χ0n) is 20.9. The Balaban J connectivity index is 1.88. The first-order chi connectivity index (χ1) is 18.4. The van der Waals surface area contributed by atoms with Crippen LogP contribution in [0.4, 0.5) is 42.1 Å². The lowest BCUT2D eigenvalue weighted by Crippen LogP contribution is -2.53. The molecule has 2 aromatic carbocycles. The van der Waals surface area contributed by atoms with E-state index in [1.165, 1.54) is 0 Å². The number of anilines is 2. The van der Waals surface area contributed by atoms with Gasteiger partial charge in [-0.3, -0.25) is 4.79 Å². The Labute approximate surface area is 224 Å². The summed E-state index contributed by atoms with van der Waals surface area (Å²) in [6.07, 6.45) is -6.67. The molecule has 220 valence electrons. The summed E-state index contributed by atoms with van der Waals surface area (Å²) in [6.45, 7) is -1.58. The van der Waals surface area contributed by atoms with Crippen molar-refractivity contribution in [3.8, 4) is 5.75 Å². The number of alkyl halides is 6. The molecule has 15 heteroatoms. The van der Waals surface area contributed by atoms with Gasteiger partial charge in [0, 0.05) is 30.6 Å². The van der Waals surface area contributed by atoms with Gasteiger partial charge in [-0.25, -0.2) is 26.0 Å². The van der Waals surface area contributed by atoms with Crippen molar-refractivity contribution in [3.63, 3.8) is 0 Å². The van der Waals surface area contributed by atoms with Gasteiger partial charge in [0.15, 0.2) is 0 Å². The average molecular weight is 600 g/mol. The van der Waals surface area contributed by atoms with Crippen LogP contribution in [0.2, 0.25) is 0 Å². The molecule has 0 bridgehead atoms. The second kappa shape index (κ2) is 10.4. The summed E-state index contributed by atoms with van der Waals surface area (Å²) in [4.78, 5) is 11.7. The van der Waals surface area contributed by atoms with Gasteiger partial charge in [0.2, 0.25) is 21.3 Å². The van der Waals surface area contributed by atoms with E-state index in [4.69, 9.17) is 9.47 Å². The molecule has 4 rings (SSSR count). The number of aliphatic carboxylic acids is 1. The summed E-state index contributed by atoms with van der Waals surface area (Å²) in [5.41, 5.74) is -6.58. The van der Waals surface area contributed by atoms with Gasteiger partial charge < -0.3 is 19.5 Å². The maximum Gasteiger partial charge on any atom is 0.420 e. The molecule has 0 unspecified atom stereocenters. The second-order valence-electron chi connectivity index (χ2n) is 10.0. The molecule has 2 atom stereocenters. The summed E-state index contributed by atoms with van der Waals surface area (Å²) >= 11 is 0. The summed E-state index contributed by atoms with van der Waals surface area (Å²) in [5, 5.41) is 9.44. The average Bonchev–Trinajstić information content (AvgIpc) is 2.89. The van der Waals surface area contributed by atoms with E-state index in [0.29, 0.717) is 19.1 Å². The summed E-state index contributed by atoms with van der Waals surface area (Å²) in [6, 6.07) is 5.03. The van der Waals surface area contributed by atoms with Crippen molar-refractivity contribution in [2.24, 2.45) is 11.3 Å². The molecular weight excluding hydrogens is 575 g/mol. The van der Waals surface area contributed by atoms with Crippen LogP contribution in [0.15, 0.2) is 41.3 Å². The van der Waals surface area contributed by atoms with Crippen LogP contribution in [-0.2, 0) is 25.5 Å². The van der Waals surface area contributed by atoms with Gasteiger partial charge in [-0.1, -0.05) is 0 Å². The molecule has 2 heterocycles. The Morgan fingerprint density at radius 2 is 1.77 bits per heavy atom. The van der Waals surface area contributed by atoms with Crippen molar-refractivity contribution in [2.75, 3.05) is 31.3 Å². The van der Waals surface area contributed by atoms with E-state index in [9.17, 15) is 44.7 Å². The van der Waals surface area contributed by atoms with Crippen LogP contribution >= 0.6 is 0 Å². The maximum absolute atomic E-state index is 15.6. The lowest BCUT2D eigenvalue weighted by atomic mass is 9.87. The second-order valence-corrected chi connectivity index (χ2v) is 12.0. The van der Waals surface area contributed by atoms with Gasteiger partial charge in [-0.05, 0) is 43.7 Å². The van der Waals surface area contributed by atoms with Gasteiger partial charge in [0.1, 0.15) is 23.6 Å². The van der Waals surface area contributed by atoms with Crippen LogP contribution in [-0.4, -0.2) is 57.3 Å². The maximum atomic E-state index is 15.6. The van der Waals surface area contributed by atoms with Crippen LogP contribution in [0, 0.1) is 17.2 Å². The third-order valence-electron chi connectivity index (χ3n) is 6.85. The highest BCUT2D eigenvalue weighted by molar-refractivity contribution is 7.92. The summed E-state index contributed by atoms with van der Waals surface area (Å²) < 4.78 is 136. The van der Waals surface area contributed by atoms with Crippen molar-refractivity contribution in [2.45, 2.75) is 42.3 Å². The Morgan fingerprint density at radius 3 is 2.27 bits per heavy atom. The fourth-order valence-electron chi connectivity index (χ4n) is 4.48. The van der Waals surface area contributed by atoms with Crippen molar-refractivity contribution in [3.05, 3.63) is 47.8 Å². The standard InChI is InChI=1S/C25H24F7NO6S/c1-23(28,29)7-6-14-10-33(16-4-2-15(26)3-5-16)18-8-17(25(30,31)32)19(9-20(18)40(36,37)21(14)27)39-13-24(22(34)35)11-38-12-24/h2-5,8-9,14,21H,6-7,10-13H2,1H3,(H,34,35)/t14-,21+/m1/s1. The van der Waals surface area contributed by atoms with E-state index in [2.05, 4.69) is 0 Å². The minimum Gasteiger partial charge on any atom is -0.492 e. The van der Waals surface area contributed by atoms with E-state index < -0.39 is 98.4 Å². The number of fused-ring (bicyclic) bond motifs is 1. The molecule has 1 N–H and O–H groups in total. The first kappa shape index (κ1) is 29.9. The van der Waals surface area contributed by atoms with E-state index in [-0.39, 0.29) is 18.9 Å². The Bertz CT molecular complexity index is 1370. The molecule has 0 spiro atoms. The van der Waals surface area contributed by atoms with Crippen LogP contribution in [0.3, 0.4) is 0 Å². The summed E-state index contributed by atoms with van der Waals surface area (Å²) in [7, 11) is -5.09. The van der Waals surface area contributed by atoms with Crippen molar-refractivity contribution in [1.82, 2.24) is 0 Å². The fraction of sp³-hybridized carbons (Fsp3) is 0.480. The van der Waals surface area contributed by atoms with Crippen molar-refractivity contribution >= 4 is 27.2 Å². The molecule has 0 aromatic heterocycles. The van der Waals surface area contributed by atoms with Crippen molar-refractivity contribution < 1.29 is 58.5 Å². The molecule has 7 nitrogen and oxygen atoms in total. The zero-order chi connectivity index (χ0) is 29.7. The minimum absolute atomic E-state index is 0.0153. The molecule has 0 aliphatic carbocycles. The van der Waals surface area contributed by atoms with E-state index in [1.54, 1.807) is 0 Å². The van der Waals surface area contributed by atoms with Crippen LogP contribution in [0.25, 0.3) is 0 Å². The van der Waals surface area contributed by atoms with Crippen molar-refractivity contribution in [1.29, 1.82) is 0 Å².